The van der Waals surface area contributed by atoms with Crippen LogP contribution in [0.15, 0.2) is 52.0 Å². The highest BCUT2D eigenvalue weighted by atomic mass is 79.9. The van der Waals surface area contributed by atoms with Crippen molar-refractivity contribution in [3.63, 3.8) is 0 Å². The van der Waals surface area contributed by atoms with Gasteiger partial charge in [-0.05, 0) is 49.6 Å². The molecule has 4 nitrogen and oxygen atoms in total. The molecular formula is C18H19BrN2O2. The minimum atomic E-state index is -0.288. The third-order valence-corrected chi connectivity index (χ3v) is 3.90. The average molecular weight is 375 g/mol. The Morgan fingerprint density at radius 3 is 2.35 bits per heavy atom. The van der Waals surface area contributed by atoms with Crippen molar-refractivity contribution in [2.45, 2.75) is 20.8 Å². The Labute approximate surface area is 144 Å². The second-order valence-corrected chi connectivity index (χ2v) is 6.16. The Hall–Kier alpha value is -2.14. The molecule has 0 unspecified atom stereocenters. The second kappa shape index (κ2) is 7.92. The summed E-state index contributed by atoms with van der Waals surface area (Å²) in [6.45, 7) is 5.69. The Morgan fingerprint density at radius 1 is 1.13 bits per heavy atom. The standard InChI is InChI=1S/C18H19BrN2O2/c1-12-5-4-6-13(2)18(12)23-11-17(22)21-20-14(3)15-7-9-16(19)10-8-15/h4-10H,11H2,1-3H3,(H,21,22)/b20-14-. The van der Waals surface area contributed by atoms with Crippen LogP contribution in [0.3, 0.4) is 0 Å². The van der Waals surface area contributed by atoms with E-state index in [2.05, 4.69) is 26.5 Å². The first-order valence-electron chi connectivity index (χ1n) is 7.25. The van der Waals surface area contributed by atoms with Crippen molar-refractivity contribution >= 4 is 27.5 Å². The maximum atomic E-state index is 11.9. The molecule has 2 rings (SSSR count). The average Bonchev–Trinajstić information content (AvgIpc) is 2.53. The fourth-order valence-corrected chi connectivity index (χ4v) is 2.36. The van der Waals surface area contributed by atoms with Gasteiger partial charge in [-0.2, -0.15) is 5.10 Å². The highest BCUT2D eigenvalue weighted by Gasteiger charge is 2.07. The van der Waals surface area contributed by atoms with E-state index in [1.54, 1.807) is 0 Å². The van der Waals surface area contributed by atoms with Gasteiger partial charge in [0.1, 0.15) is 5.75 Å². The zero-order chi connectivity index (χ0) is 16.8. The molecule has 0 bridgehead atoms. The molecule has 0 spiro atoms. The maximum Gasteiger partial charge on any atom is 0.277 e. The number of para-hydroxylation sites is 1. The van der Waals surface area contributed by atoms with E-state index < -0.39 is 0 Å². The van der Waals surface area contributed by atoms with E-state index in [1.807, 2.05) is 63.2 Å². The van der Waals surface area contributed by atoms with Crippen LogP contribution in [0, 0.1) is 13.8 Å². The van der Waals surface area contributed by atoms with Gasteiger partial charge in [0.05, 0.1) is 5.71 Å². The number of nitrogens with zero attached hydrogens (tertiary/aromatic N) is 1. The minimum Gasteiger partial charge on any atom is -0.483 e. The molecule has 0 fully saturated rings. The Kier molecular flexibility index (Phi) is 5.93. The van der Waals surface area contributed by atoms with Gasteiger partial charge in [-0.1, -0.05) is 46.3 Å². The van der Waals surface area contributed by atoms with Crippen LogP contribution in [-0.2, 0) is 4.79 Å². The van der Waals surface area contributed by atoms with Crippen LogP contribution in [0.5, 0.6) is 5.75 Å². The molecule has 120 valence electrons. The summed E-state index contributed by atoms with van der Waals surface area (Å²) < 4.78 is 6.60. The Bertz CT molecular complexity index is 704. The molecule has 0 heterocycles. The summed E-state index contributed by atoms with van der Waals surface area (Å²) in [6.07, 6.45) is 0. The molecule has 2 aromatic rings. The molecule has 1 N–H and O–H groups in total. The summed E-state index contributed by atoms with van der Waals surface area (Å²) in [6, 6.07) is 13.6. The van der Waals surface area contributed by atoms with Crippen molar-refractivity contribution in [3.8, 4) is 5.75 Å². The van der Waals surface area contributed by atoms with Gasteiger partial charge in [-0.15, -0.1) is 0 Å². The lowest BCUT2D eigenvalue weighted by molar-refractivity contribution is -0.123. The number of carbonyl (C=O) groups is 1. The first-order chi connectivity index (χ1) is 11.0. The smallest absolute Gasteiger partial charge is 0.277 e. The number of hydrazone groups is 1. The summed E-state index contributed by atoms with van der Waals surface area (Å²) in [4.78, 5) is 11.9. The predicted molar refractivity (Wildman–Crippen MR) is 95.9 cm³/mol. The molecule has 23 heavy (non-hydrogen) atoms. The van der Waals surface area contributed by atoms with Crippen LogP contribution in [0.1, 0.15) is 23.6 Å². The molecule has 0 radical (unpaired) electrons. The number of aryl methyl sites for hydroxylation is 2. The van der Waals surface area contributed by atoms with Crippen molar-refractivity contribution in [2.75, 3.05) is 6.61 Å². The number of amides is 1. The number of nitrogens with one attached hydrogen (secondary N) is 1. The van der Waals surface area contributed by atoms with Gasteiger partial charge < -0.3 is 4.74 Å². The molecule has 0 saturated carbocycles. The number of halogens is 1. The van der Waals surface area contributed by atoms with Crippen LogP contribution in [0.4, 0.5) is 0 Å². The van der Waals surface area contributed by atoms with E-state index in [4.69, 9.17) is 4.74 Å². The van der Waals surface area contributed by atoms with Crippen LogP contribution in [0.25, 0.3) is 0 Å². The summed E-state index contributed by atoms with van der Waals surface area (Å²) in [5.74, 6) is 0.459. The molecule has 0 atom stereocenters. The third-order valence-electron chi connectivity index (χ3n) is 3.37. The zero-order valence-corrected chi connectivity index (χ0v) is 15.0. The van der Waals surface area contributed by atoms with Gasteiger partial charge in [-0.25, -0.2) is 5.43 Å². The molecule has 0 aliphatic rings. The van der Waals surface area contributed by atoms with Gasteiger partial charge in [-0.3, -0.25) is 4.79 Å². The van der Waals surface area contributed by atoms with Crippen molar-refractivity contribution in [3.05, 3.63) is 63.6 Å². The van der Waals surface area contributed by atoms with Crippen LogP contribution in [0.2, 0.25) is 0 Å². The molecule has 0 aromatic heterocycles. The molecule has 2 aromatic carbocycles. The second-order valence-electron chi connectivity index (χ2n) is 5.25. The van der Waals surface area contributed by atoms with Gasteiger partial charge in [0, 0.05) is 4.47 Å². The largest absolute Gasteiger partial charge is 0.483 e. The van der Waals surface area contributed by atoms with Crippen LogP contribution < -0.4 is 10.2 Å². The SMILES string of the molecule is C/C(=N/NC(=O)COc1c(C)cccc1C)c1ccc(Br)cc1. The molecule has 0 saturated heterocycles. The van der Waals surface area contributed by atoms with Gasteiger partial charge in [0.15, 0.2) is 6.61 Å². The molecule has 0 aliphatic carbocycles. The Balaban J connectivity index is 1.92. The first-order valence-corrected chi connectivity index (χ1v) is 8.05. The van der Waals surface area contributed by atoms with E-state index in [0.717, 1.165) is 32.6 Å². The minimum absolute atomic E-state index is 0.0667. The zero-order valence-electron chi connectivity index (χ0n) is 13.4. The summed E-state index contributed by atoms with van der Waals surface area (Å²) >= 11 is 3.38. The monoisotopic (exact) mass is 374 g/mol. The third kappa shape index (κ3) is 4.93. The molecule has 0 aliphatic heterocycles. The lowest BCUT2D eigenvalue weighted by Gasteiger charge is -2.11. The predicted octanol–water partition coefficient (Wildman–Crippen LogP) is 3.99. The van der Waals surface area contributed by atoms with E-state index >= 15 is 0 Å². The maximum absolute atomic E-state index is 11.9. The highest BCUT2D eigenvalue weighted by molar-refractivity contribution is 9.10. The van der Waals surface area contributed by atoms with E-state index in [1.165, 1.54) is 0 Å². The number of benzene rings is 2. The van der Waals surface area contributed by atoms with Gasteiger partial charge in [0.25, 0.3) is 5.91 Å². The Morgan fingerprint density at radius 2 is 1.74 bits per heavy atom. The van der Waals surface area contributed by atoms with Crippen molar-refractivity contribution in [1.29, 1.82) is 0 Å². The highest BCUT2D eigenvalue weighted by Crippen LogP contribution is 2.22. The number of hydrogen-bond acceptors (Lipinski definition) is 3. The normalized spacial score (nSPS) is 11.2. The van der Waals surface area contributed by atoms with Gasteiger partial charge in [0.2, 0.25) is 0 Å². The summed E-state index contributed by atoms with van der Waals surface area (Å²) in [5.41, 5.74) is 6.21. The number of ether oxygens (including phenoxy) is 1. The number of hydrogen-bond donors (Lipinski definition) is 1. The van der Waals surface area contributed by atoms with E-state index in [-0.39, 0.29) is 12.5 Å². The van der Waals surface area contributed by atoms with Crippen molar-refractivity contribution in [1.82, 2.24) is 5.43 Å². The lowest BCUT2D eigenvalue weighted by Crippen LogP contribution is -2.26. The van der Waals surface area contributed by atoms with E-state index in [0.29, 0.717) is 0 Å². The number of rotatable bonds is 5. The van der Waals surface area contributed by atoms with E-state index in [9.17, 15) is 4.79 Å². The quantitative estimate of drug-likeness (QED) is 0.635. The molecular weight excluding hydrogens is 356 g/mol. The molecule has 5 heteroatoms. The van der Waals surface area contributed by atoms with Crippen LogP contribution >= 0.6 is 15.9 Å². The van der Waals surface area contributed by atoms with Crippen molar-refractivity contribution in [2.24, 2.45) is 5.10 Å². The van der Waals surface area contributed by atoms with Crippen LogP contribution in [-0.4, -0.2) is 18.2 Å². The number of carbonyl (C=O) groups excluding carboxylic acids is 1. The topological polar surface area (TPSA) is 50.7 Å². The summed E-state index contributed by atoms with van der Waals surface area (Å²) in [5, 5.41) is 4.10. The fraction of sp³-hybridized carbons (Fsp3) is 0.222. The summed E-state index contributed by atoms with van der Waals surface area (Å²) in [7, 11) is 0. The van der Waals surface area contributed by atoms with Gasteiger partial charge >= 0.3 is 0 Å². The lowest BCUT2D eigenvalue weighted by atomic mass is 10.1. The fourth-order valence-electron chi connectivity index (χ4n) is 2.10. The first kappa shape index (κ1) is 17.2. The molecule has 1 amide bonds. The van der Waals surface area contributed by atoms with Crippen molar-refractivity contribution < 1.29 is 9.53 Å².